The van der Waals surface area contributed by atoms with Crippen LogP contribution in [0, 0.1) is 17.5 Å². The number of nitrogens with one attached hydrogen (secondary N) is 1. The minimum absolute atomic E-state index is 0.0876. The van der Waals surface area contributed by atoms with Crippen LogP contribution in [0.15, 0.2) is 47.4 Å². The van der Waals surface area contributed by atoms with Gasteiger partial charge in [-0.2, -0.15) is 4.98 Å². The summed E-state index contributed by atoms with van der Waals surface area (Å²) in [6.45, 7) is 3.39. The Balaban J connectivity index is 1.75. The third-order valence-electron chi connectivity index (χ3n) is 5.01. The van der Waals surface area contributed by atoms with Crippen molar-refractivity contribution >= 4 is 32.8 Å². The molecular formula is C22H19F3N6O3S. The van der Waals surface area contributed by atoms with Gasteiger partial charge in [-0.1, -0.05) is 12.1 Å². The Morgan fingerprint density at radius 3 is 2.40 bits per heavy atom. The summed E-state index contributed by atoms with van der Waals surface area (Å²) >= 11 is 0. The van der Waals surface area contributed by atoms with Gasteiger partial charge in [0.05, 0.1) is 17.6 Å². The second-order valence-electron chi connectivity index (χ2n) is 7.97. The molecule has 2 heterocycles. The minimum Gasteiger partial charge on any atom is -0.368 e. The lowest BCUT2D eigenvalue weighted by Gasteiger charge is -2.15. The molecule has 0 aliphatic carbocycles. The number of anilines is 2. The second-order valence-corrected chi connectivity index (χ2v) is 9.69. The first-order chi connectivity index (χ1) is 16.4. The van der Waals surface area contributed by atoms with Gasteiger partial charge in [-0.05, 0) is 37.6 Å². The van der Waals surface area contributed by atoms with E-state index in [9.17, 15) is 22.0 Å². The van der Waals surface area contributed by atoms with Crippen LogP contribution < -0.4 is 16.0 Å². The molecule has 2 aromatic carbocycles. The third-order valence-corrected chi connectivity index (χ3v) is 6.26. The summed E-state index contributed by atoms with van der Waals surface area (Å²) < 4.78 is 71.1. The standard InChI is InChI=1S/C22H19F3N6O3S/c1-11(2)31-20-18(9-27-22(26)29-20)28-19(21(31)32)14-7-16(25)17(8-15(14)24)30-35(33,34)10-12-3-5-13(23)6-4-12/h3-9,11,30H,10H2,1-2H3,(H2,26,27,29). The van der Waals surface area contributed by atoms with Crippen molar-refractivity contribution < 1.29 is 21.6 Å². The van der Waals surface area contributed by atoms with Crippen molar-refractivity contribution in [1.82, 2.24) is 19.5 Å². The van der Waals surface area contributed by atoms with E-state index in [1.807, 2.05) is 4.72 Å². The van der Waals surface area contributed by atoms with Crippen molar-refractivity contribution in [2.75, 3.05) is 10.5 Å². The van der Waals surface area contributed by atoms with Gasteiger partial charge in [0.25, 0.3) is 5.56 Å². The average Bonchev–Trinajstić information content (AvgIpc) is 2.77. The molecule has 4 rings (SSSR count). The zero-order valence-corrected chi connectivity index (χ0v) is 19.3. The van der Waals surface area contributed by atoms with Crippen molar-refractivity contribution in [3.05, 3.63) is 76.0 Å². The van der Waals surface area contributed by atoms with E-state index in [1.54, 1.807) is 13.8 Å². The highest BCUT2D eigenvalue weighted by Gasteiger charge is 2.22. The van der Waals surface area contributed by atoms with Gasteiger partial charge in [-0.15, -0.1) is 0 Å². The number of hydrogen-bond acceptors (Lipinski definition) is 7. The van der Waals surface area contributed by atoms with Crippen LogP contribution in [0.4, 0.5) is 24.8 Å². The van der Waals surface area contributed by atoms with Gasteiger partial charge in [-0.3, -0.25) is 14.1 Å². The first-order valence-corrected chi connectivity index (χ1v) is 11.9. The molecule has 4 aromatic rings. The first kappa shape index (κ1) is 24.1. The second kappa shape index (κ2) is 8.98. The van der Waals surface area contributed by atoms with Crippen molar-refractivity contribution in [3.8, 4) is 11.3 Å². The molecule has 0 radical (unpaired) electrons. The predicted octanol–water partition coefficient (Wildman–Crippen LogP) is 3.38. The molecule has 2 aromatic heterocycles. The number of nitrogens with two attached hydrogens (primary N) is 1. The fourth-order valence-electron chi connectivity index (χ4n) is 3.48. The van der Waals surface area contributed by atoms with E-state index in [4.69, 9.17) is 5.73 Å². The molecule has 0 unspecified atom stereocenters. The van der Waals surface area contributed by atoms with Crippen molar-refractivity contribution in [1.29, 1.82) is 0 Å². The van der Waals surface area contributed by atoms with Crippen LogP contribution in [0.25, 0.3) is 22.4 Å². The summed E-state index contributed by atoms with van der Waals surface area (Å²) in [6.07, 6.45) is 1.26. The van der Waals surface area contributed by atoms with E-state index < -0.39 is 61.8 Å². The fraction of sp³-hybridized carbons (Fsp3) is 0.182. The lowest BCUT2D eigenvalue weighted by atomic mass is 10.1. The van der Waals surface area contributed by atoms with Gasteiger partial charge < -0.3 is 5.73 Å². The van der Waals surface area contributed by atoms with Gasteiger partial charge >= 0.3 is 0 Å². The van der Waals surface area contributed by atoms with Crippen LogP contribution in [0.2, 0.25) is 0 Å². The van der Waals surface area contributed by atoms with Crippen molar-refractivity contribution in [2.45, 2.75) is 25.6 Å². The van der Waals surface area contributed by atoms with Gasteiger partial charge in [-0.25, -0.2) is 31.6 Å². The van der Waals surface area contributed by atoms with Crippen LogP contribution in [0.5, 0.6) is 0 Å². The lowest BCUT2D eigenvalue weighted by molar-refractivity contribution is 0.588. The molecule has 0 atom stereocenters. The van der Waals surface area contributed by atoms with E-state index >= 15 is 4.39 Å². The van der Waals surface area contributed by atoms with Crippen LogP contribution in [0.3, 0.4) is 0 Å². The molecule has 0 saturated carbocycles. The van der Waals surface area contributed by atoms with Gasteiger partial charge in [0.15, 0.2) is 5.65 Å². The zero-order chi connectivity index (χ0) is 25.5. The SMILES string of the molecule is CC(C)n1c(=O)c(-c2cc(F)c(NS(=O)(=O)Cc3ccc(F)cc3)cc2F)nc2cnc(N)nc21. The van der Waals surface area contributed by atoms with Crippen LogP contribution in [-0.2, 0) is 15.8 Å². The lowest BCUT2D eigenvalue weighted by Crippen LogP contribution is -2.26. The Hall–Kier alpha value is -4.00. The van der Waals surface area contributed by atoms with E-state index in [1.165, 1.54) is 22.9 Å². The number of aromatic nitrogens is 4. The topological polar surface area (TPSA) is 133 Å². The summed E-state index contributed by atoms with van der Waals surface area (Å²) in [5.74, 6) is -3.44. The Morgan fingerprint density at radius 1 is 1.06 bits per heavy atom. The summed E-state index contributed by atoms with van der Waals surface area (Å²) in [5, 5.41) is 0. The Kier molecular flexibility index (Phi) is 6.19. The molecule has 35 heavy (non-hydrogen) atoms. The molecule has 182 valence electrons. The predicted molar refractivity (Wildman–Crippen MR) is 124 cm³/mol. The molecule has 3 N–H and O–H groups in total. The summed E-state index contributed by atoms with van der Waals surface area (Å²) in [7, 11) is -4.17. The Labute approximate surface area is 197 Å². The number of hydrogen-bond donors (Lipinski definition) is 2. The zero-order valence-electron chi connectivity index (χ0n) is 18.5. The highest BCUT2D eigenvalue weighted by molar-refractivity contribution is 7.91. The molecule has 0 saturated heterocycles. The maximum atomic E-state index is 15.1. The molecule has 13 heteroatoms. The Morgan fingerprint density at radius 2 is 1.74 bits per heavy atom. The molecule has 0 amide bonds. The van der Waals surface area contributed by atoms with E-state index in [-0.39, 0.29) is 22.7 Å². The van der Waals surface area contributed by atoms with E-state index in [2.05, 4.69) is 15.0 Å². The molecule has 0 fully saturated rings. The average molecular weight is 504 g/mol. The van der Waals surface area contributed by atoms with Gasteiger partial charge in [0.2, 0.25) is 16.0 Å². The van der Waals surface area contributed by atoms with Gasteiger partial charge in [0, 0.05) is 17.7 Å². The smallest absolute Gasteiger partial charge is 0.279 e. The van der Waals surface area contributed by atoms with E-state index in [0.29, 0.717) is 12.1 Å². The van der Waals surface area contributed by atoms with Crippen molar-refractivity contribution in [2.24, 2.45) is 0 Å². The van der Waals surface area contributed by atoms with Crippen LogP contribution >= 0.6 is 0 Å². The summed E-state index contributed by atoms with van der Waals surface area (Å²) in [5.41, 5.74) is 3.84. The van der Waals surface area contributed by atoms with Crippen LogP contribution in [0.1, 0.15) is 25.5 Å². The Bertz CT molecular complexity index is 1610. The number of nitrogens with zero attached hydrogens (tertiary/aromatic N) is 4. The molecular weight excluding hydrogens is 485 g/mol. The number of sulfonamides is 1. The monoisotopic (exact) mass is 504 g/mol. The highest BCUT2D eigenvalue weighted by Crippen LogP contribution is 2.28. The first-order valence-electron chi connectivity index (χ1n) is 10.2. The number of halogens is 3. The summed E-state index contributed by atoms with van der Waals surface area (Å²) in [4.78, 5) is 25.1. The number of fused-ring (bicyclic) bond motifs is 1. The normalized spacial score (nSPS) is 11.8. The minimum atomic E-state index is -4.17. The fourth-order valence-corrected chi connectivity index (χ4v) is 4.67. The molecule has 0 aliphatic rings. The molecule has 0 bridgehead atoms. The number of nitrogen functional groups attached to an aromatic ring is 1. The van der Waals surface area contributed by atoms with Crippen molar-refractivity contribution in [3.63, 3.8) is 0 Å². The van der Waals surface area contributed by atoms with Gasteiger partial charge in [0.1, 0.15) is 28.7 Å². The molecule has 9 nitrogen and oxygen atoms in total. The quantitative estimate of drug-likeness (QED) is 0.411. The van der Waals surface area contributed by atoms with Crippen LogP contribution in [-0.4, -0.2) is 27.9 Å². The number of benzene rings is 2. The largest absolute Gasteiger partial charge is 0.368 e. The van der Waals surface area contributed by atoms with E-state index in [0.717, 1.165) is 12.1 Å². The third kappa shape index (κ3) is 4.94. The highest BCUT2D eigenvalue weighted by atomic mass is 32.2. The number of rotatable bonds is 6. The maximum absolute atomic E-state index is 15.1. The maximum Gasteiger partial charge on any atom is 0.279 e. The molecule has 0 spiro atoms. The summed E-state index contributed by atoms with van der Waals surface area (Å²) in [6, 6.07) is 5.57. The molecule has 0 aliphatic heterocycles.